The topological polar surface area (TPSA) is 101 Å². The van der Waals surface area contributed by atoms with Crippen LogP contribution in [0.2, 0.25) is 0 Å². The van der Waals surface area contributed by atoms with E-state index in [2.05, 4.69) is 0 Å². The zero-order chi connectivity index (χ0) is 13.0. The van der Waals surface area contributed by atoms with E-state index in [4.69, 9.17) is 14.9 Å². The summed E-state index contributed by atoms with van der Waals surface area (Å²) >= 11 is 0. The fourth-order valence-corrected chi connectivity index (χ4v) is 2.17. The highest BCUT2D eigenvalue weighted by Gasteiger charge is 2.39. The van der Waals surface area contributed by atoms with Gasteiger partial charge in [0.1, 0.15) is 0 Å². The Morgan fingerprint density at radius 2 is 1.41 bits per heavy atom. The number of aliphatic carboxylic acids is 2. The van der Waals surface area contributed by atoms with Crippen LogP contribution in [0, 0.1) is 17.8 Å². The molecule has 2 N–H and O–H groups in total. The predicted molar refractivity (Wildman–Crippen MR) is 56.2 cm³/mol. The Morgan fingerprint density at radius 3 is 1.76 bits per heavy atom. The van der Waals surface area contributed by atoms with Crippen molar-refractivity contribution in [3.05, 3.63) is 0 Å². The van der Waals surface area contributed by atoms with Crippen LogP contribution in [0.3, 0.4) is 0 Å². The number of carboxylic acids is 2. The molecule has 6 nitrogen and oxygen atoms in total. The number of hydrogen-bond acceptors (Lipinski definition) is 4. The molecule has 1 fully saturated rings. The van der Waals surface area contributed by atoms with Crippen LogP contribution >= 0.6 is 0 Å². The van der Waals surface area contributed by atoms with Crippen LogP contribution < -0.4 is 0 Å². The lowest BCUT2D eigenvalue weighted by Gasteiger charge is -2.29. The van der Waals surface area contributed by atoms with Gasteiger partial charge in [-0.2, -0.15) is 0 Å². The van der Waals surface area contributed by atoms with Crippen LogP contribution in [0.15, 0.2) is 0 Å². The molecule has 1 aliphatic carbocycles. The number of esters is 1. The van der Waals surface area contributed by atoms with Crippen molar-refractivity contribution in [2.24, 2.45) is 17.8 Å². The Balaban J connectivity index is 2.74. The van der Waals surface area contributed by atoms with E-state index in [0.717, 1.165) is 0 Å². The van der Waals surface area contributed by atoms with Crippen molar-refractivity contribution < 1.29 is 29.3 Å². The first-order valence-corrected chi connectivity index (χ1v) is 5.58. The summed E-state index contributed by atoms with van der Waals surface area (Å²) in [5.41, 5.74) is 0. The first-order chi connectivity index (χ1) is 7.95. The van der Waals surface area contributed by atoms with Gasteiger partial charge in [-0.1, -0.05) is 0 Å². The molecule has 17 heavy (non-hydrogen) atoms. The first kappa shape index (κ1) is 13.5. The van der Waals surface area contributed by atoms with Crippen LogP contribution in [0.1, 0.15) is 26.2 Å². The lowest BCUT2D eigenvalue weighted by atomic mass is 9.75. The van der Waals surface area contributed by atoms with E-state index in [1.54, 1.807) is 6.92 Å². The number of carbonyl (C=O) groups excluding carboxylic acids is 1. The van der Waals surface area contributed by atoms with E-state index in [0.29, 0.717) is 0 Å². The van der Waals surface area contributed by atoms with Crippen LogP contribution in [-0.4, -0.2) is 34.7 Å². The zero-order valence-corrected chi connectivity index (χ0v) is 9.59. The minimum Gasteiger partial charge on any atom is -0.481 e. The predicted octanol–water partition coefficient (Wildman–Crippen LogP) is 0.751. The molecule has 0 bridgehead atoms. The molecular weight excluding hydrogens is 228 g/mol. The Hall–Kier alpha value is -1.59. The average molecular weight is 244 g/mol. The van der Waals surface area contributed by atoms with E-state index >= 15 is 0 Å². The van der Waals surface area contributed by atoms with Gasteiger partial charge in [0.05, 0.1) is 24.4 Å². The maximum Gasteiger partial charge on any atom is 0.308 e. The molecule has 0 aromatic carbocycles. The molecule has 0 radical (unpaired) electrons. The van der Waals surface area contributed by atoms with Crippen molar-refractivity contribution in [1.29, 1.82) is 0 Å². The second kappa shape index (κ2) is 5.65. The largest absolute Gasteiger partial charge is 0.481 e. The molecule has 0 aromatic rings. The monoisotopic (exact) mass is 244 g/mol. The van der Waals surface area contributed by atoms with Gasteiger partial charge in [0.2, 0.25) is 0 Å². The van der Waals surface area contributed by atoms with Crippen LogP contribution in [0.5, 0.6) is 0 Å². The van der Waals surface area contributed by atoms with Gasteiger partial charge in [-0.25, -0.2) is 0 Å². The van der Waals surface area contributed by atoms with Crippen molar-refractivity contribution in [1.82, 2.24) is 0 Å². The van der Waals surface area contributed by atoms with E-state index in [-0.39, 0.29) is 25.9 Å². The highest BCUT2D eigenvalue weighted by Crippen LogP contribution is 2.34. The number of hydrogen-bond donors (Lipinski definition) is 2. The Bertz CT molecular complexity index is 302. The SMILES string of the molecule is CCOC(=O)C1CC(C(=O)O)CC(C(=O)O)C1. The van der Waals surface area contributed by atoms with Gasteiger partial charge in [0.25, 0.3) is 0 Å². The number of ether oxygens (including phenoxy) is 1. The normalized spacial score (nSPS) is 28.4. The summed E-state index contributed by atoms with van der Waals surface area (Å²) < 4.78 is 4.81. The molecule has 0 saturated heterocycles. The summed E-state index contributed by atoms with van der Waals surface area (Å²) in [6, 6.07) is 0. The maximum atomic E-state index is 11.5. The number of carboxylic acid groups (broad SMARTS) is 2. The third-order valence-corrected chi connectivity index (χ3v) is 3.03. The molecule has 0 aromatic heterocycles. The van der Waals surface area contributed by atoms with E-state index in [1.807, 2.05) is 0 Å². The van der Waals surface area contributed by atoms with Gasteiger partial charge >= 0.3 is 17.9 Å². The van der Waals surface area contributed by atoms with Gasteiger partial charge in [-0.3, -0.25) is 14.4 Å². The van der Waals surface area contributed by atoms with Gasteiger partial charge < -0.3 is 14.9 Å². The van der Waals surface area contributed by atoms with Crippen molar-refractivity contribution in [2.45, 2.75) is 26.2 Å². The molecule has 2 unspecified atom stereocenters. The number of rotatable bonds is 4. The molecular formula is C11H16O6. The quantitative estimate of drug-likeness (QED) is 0.708. The lowest BCUT2D eigenvalue weighted by molar-refractivity contribution is -0.156. The van der Waals surface area contributed by atoms with Gasteiger partial charge in [0.15, 0.2) is 0 Å². The molecule has 0 heterocycles. The van der Waals surface area contributed by atoms with Gasteiger partial charge in [0, 0.05) is 0 Å². The second-order valence-electron chi connectivity index (χ2n) is 4.23. The molecule has 0 aliphatic heterocycles. The van der Waals surface area contributed by atoms with Crippen LogP contribution in [0.25, 0.3) is 0 Å². The Kier molecular flexibility index (Phi) is 4.48. The summed E-state index contributed by atoms with van der Waals surface area (Å²) in [4.78, 5) is 33.3. The molecule has 0 amide bonds. The van der Waals surface area contributed by atoms with Crippen molar-refractivity contribution in [3.63, 3.8) is 0 Å². The van der Waals surface area contributed by atoms with Crippen LogP contribution in [0.4, 0.5) is 0 Å². The summed E-state index contributed by atoms with van der Waals surface area (Å²) in [5, 5.41) is 17.8. The smallest absolute Gasteiger partial charge is 0.308 e. The molecule has 0 spiro atoms. The highest BCUT2D eigenvalue weighted by atomic mass is 16.5. The zero-order valence-electron chi connectivity index (χ0n) is 9.59. The van der Waals surface area contributed by atoms with Gasteiger partial charge in [-0.05, 0) is 26.2 Å². The summed E-state index contributed by atoms with van der Waals surface area (Å²) in [5.74, 6) is -4.77. The molecule has 6 heteroatoms. The fourth-order valence-electron chi connectivity index (χ4n) is 2.17. The maximum absolute atomic E-state index is 11.5. The Labute approximate surface area is 98.6 Å². The first-order valence-electron chi connectivity index (χ1n) is 5.58. The standard InChI is InChI=1S/C11H16O6/c1-2-17-11(16)8-4-6(9(12)13)3-7(5-8)10(14)15/h6-8H,2-5H2,1H3,(H,12,13)(H,14,15). The van der Waals surface area contributed by atoms with E-state index in [9.17, 15) is 14.4 Å². The summed E-state index contributed by atoms with van der Waals surface area (Å²) in [6.45, 7) is 1.87. The fraction of sp³-hybridized carbons (Fsp3) is 0.727. The number of carbonyl (C=O) groups is 3. The van der Waals surface area contributed by atoms with Crippen LogP contribution in [-0.2, 0) is 19.1 Å². The summed E-state index contributed by atoms with van der Waals surface area (Å²) in [6.07, 6.45) is 0.413. The molecule has 2 atom stereocenters. The van der Waals surface area contributed by atoms with E-state index < -0.39 is 35.7 Å². The van der Waals surface area contributed by atoms with Crippen molar-refractivity contribution in [2.75, 3.05) is 6.61 Å². The third kappa shape index (κ3) is 3.44. The average Bonchev–Trinajstić information content (AvgIpc) is 2.28. The summed E-state index contributed by atoms with van der Waals surface area (Å²) in [7, 11) is 0. The third-order valence-electron chi connectivity index (χ3n) is 3.03. The molecule has 1 saturated carbocycles. The minimum absolute atomic E-state index is 0.0839. The molecule has 1 rings (SSSR count). The van der Waals surface area contributed by atoms with Crippen molar-refractivity contribution in [3.8, 4) is 0 Å². The Morgan fingerprint density at radius 1 is 1.00 bits per heavy atom. The van der Waals surface area contributed by atoms with Gasteiger partial charge in [-0.15, -0.1) is 0 Å². The van der Waals surface area contributed by atoms with E-state index in [1.165, 1.54) is 0 Å². The second-order valence-corrected chi connectivity index (χ2v) is 4.23. The van der Waals surface area contributed by atoms with Crippen molar-refractivity contribution >= 4 is 17.9 Å². The lowest BCUT2D eigenvalue weighted by Crippen LogP contribution is -2.35. The minimum atomic E-state index is -1.05. The molecule has 96 valence electrons. The highest BCUT2D eigenvalue weighted by molar-refractivity contribution is 5.78. The molecule has 1 aliphatic rings.